The Labute approximate surface area is 151 Å². The highest BCUT2D eigenvalue weighted by atomic mass is 16.5. The van der Waals surface area contributed by atoms with Crippen molar-refractivity contribution in [3.05, 3.63) is 41.9 Å². The third-order valence-electron chi connectivity index (χ3n) is 3.63. The van der Waals surface area contributed by atoms with Gasteiger partial charge in [0, 0.05) is 35.2 Å². The number of fused-ring (bicyclic) bond motifs is 1. The number of nitrogens with zero attached hydrogens (tertiary/aromatic N) is 3. The zero-order valence-corrected chi connectivity index (χ0v) is 15.0. The average Bonchev–Trinajstić information content (AvgIpc) is 3.00. The predicted molar refractivity (Wildman–Crippen MR) is 100 cm³/mol. The summed E-state index contributed by atoms with van der Waals surface area (Å²) in [6.07, 6.45) is 6.35. The topological polar surface area (TPSA) is 107 Å². The number of rotatable bonds is 6. The van der Waals surface area contributed by atoms with Crippen molar-refractivity contribution in [2.24, 2.45) is 11.7 Å². The minimum Gasteiger partial charge on any atom is -0.477 e. The van der Waals surface area contributed by atoms with Gasteiger partial charge in [-0.1, -0.05) is 13.8 Å². The van der Waals surface area contributed by atoms with Crippen molar-refractivity contribution in [1.82, 2.24) is 19.9 Å². The van der Waals surface area contributed by atoms with Gasteiger partial charge in [0.1, 0.15) is 5.52 Å². The molecule has 134 valence electrons. The van der Waals surface area contributed by atoms with Gasteiger partial charge in [0.2, 0.25) is 11.8 Å². The van der Waals surface area contributed by atoms with E-state index in [1.54, 1.807) is 18.5 Å². The first-order valence-electron chi connectivity index (χ1n) is 8.36. The number of aryl methyl sites for hydroxylation is 1. The van der Waals surface area contributed by atoms with Gasteiger partial charge in [-0.15, -0.1) is 0 Å². The highest BCUT2D eigenvalue weighted by Gasteiger charge is 2.10. The lowest BCUT2D eigenvalue weighted by Crippen LogP contribution is -2.06. The molecule has 7 nitrogen and oxygen atoms in total. The number of nitrogens with one attached hydrogen (secondary N) is 1. The number of amides is 1. The molecule has 0 saturated carbocycles. The van der Waals surface area contributed by atoms with Crippen molar-refractivity contribution < 1.29 is 9.53 Å². The van der Waals surface area contributed by atoms with Crippen LogP contribution in [0.3, 0.4) is 0 Å². The van der Waals surface area contributed by atoms with E-state index in [4.69, 9.17) is 10.5 Å². The number of nitrogens with two attached hydrogens (primary N) is 1. The maximum atomic E-state index is 11.0. The van der Waals surface area contributed by atoms with Gasteiger partial charge in [0.15, 0.2) is 5.65 Å². The van der Waals surface area contributed by atoms with E-state index in [9.17, 15) is 4.79 Å². The minimum absolute atomic E-state index is 0.413. The third kappa shape index (κ3) is 4.05. The first-order chi connectivity index (χ1) is 12.4. The summed E-state index contributed by atoms with van der Waals surface area (Å²) in [5.41, 5.74) is 9.63. The van der Waals surface area contributed by atoms with E-state index in [2.05, 4.69) is 33.8 Å². The van der Waals surface area contributed by atoms with Crippen LogP contribution in [0.2, 0.25) is 0 Å². The van der Waals surface area contributed by atoms with E-state index in [-0.39, 0.29) is 0 Å². The van der Waals surface area contributed by atoms with Crippen molar-refractivity contribution in [3.63, 3.8) is 0 Å². The summed E-state index contributed by atoms with van der Waals surface area (Å²) in [5, 5.41) is 0. The number of carbonyl (C=O) groups is 1. The van der Waals surface area contributed by atoms with Crippen LogP contribution in [-0.2, 0) is 4.79 Å². The number of carbonyl (C=O) groups excluding carboxylic acids is 1. The number of pyridine rings is 1. The molecule has 0 aromatic carbocycles. The van der Waals surface area contributed by atoms with Gasteiger partial charge in [-0.3, -0.25) is 4.79 Å². The van der Waals surface area contributed by atoms with Gasteiger partial charge in [-0.05, 0) is 25.0 Å². The Morgan fingerprint density at radius 1 is 1.35 bits per heavy atom. The maximum Gasteiger partial charge on any atom is 0.241 e. The first kappa shape index (κ1) is 17.6. The van der Waals surface area contributed by atoms with Crippen LogP contribution in [0.25, 0.3) is 28.5 Å². The molecule has 3 aromatic rings. The summed E-state index contributed by atoms with van der Waals surface area (Å²) in [6.45, 7) is 6.68. The molecule has 7 heteroatoms. The molecular formula is C19H21N5O2. The molecule has 3 rings (SSSR count). The van der Waals surface area contributed by atoms with Gasteiger partial charge < -0.3 is 15.5 Å². The quantitative estimate of drug-likeness (QED) is 0.664. The zero-order valence-electron chi connectivity index (χ0n) is 15.0. The molecular weight excluding hydrogens is 330 g/mol. The van der Waals surface area contributed by atoms with E-state index in [1.165, 1.54) is 6.08 Å². The molecule has 1 amide bonds. The van der Waals surface area contributed by atoms with Gasteiger partial charge in [0.05, 0.1) is 18.5 Å². The standard InChI is InChI=1S/C19H21N5O2/c1-11(2)10-26-17-7-14(6-12(3)23-17)15-9-22-19-18(24-15)13(8-21-19)4-5-16(20)25/h4-9,11H,10H2,1-3H3,(H2,20,25)(H,21,22)/b5-4+. The Kier molecular flexibility index (Phi) is 4.97. The van der Waals surface area contributed by atoms with Crippen LogP contribution in [0, 0.1) is 12.8 Å². The number of H-pyrrole nitrogens is 1. The fourth-order valence-corrected chi connectivity index (χ4v) is 2.46. The predicted octanol–water partition coefficient (Wildman–Crippen LogP) is 2.86. The molecule has 3 aromatic heterocycles. The van der Waals surface area contributed by atoms with Crippen molar-refractivity contribution in [3.8, 4) is 17.1 Å². The number of ether oxygens (including phenoxy) is 1. The third-order valence-corrected chi connectivity index (χ3v) is 3.63. The Morgan fingerprint density at radius 2 is 2.15 bits per heavy atom. The molecule has 0 bridgehead atoms. The Morgan fingerprint density at radius 3 is 2.88 bits per heavy atom. The minimum atomic E-state index is -0.514. The first-order valence-corrected chi connectivity index (χ1v) is 8.36. The Bertz CT molecular complexity index is 975. The molecule has 0 aliphatic heterocycles. The average molecular weight is 351 g/mol. The van der Waals surface area contributed by atoms with E-state index in [0.717, 1.165) is 16.8 Å². The second-order valence-corrected chi connectivity index (χ2v) is 6.47. The highest BCUT2D eigenvalue weighted by Crippen LogP contribution is 2.25. The van der Waals surface area contributed by atoms with Crippen molar-refractivity contribution in [2.45, 2.75) is 20.8 Å². The second kappa shape index (κ2) is 7.35. The van der Waals surface area contributed by atoms with Crippen LogP contribution in [0.5, 0.6) is 5.88 Å². The van der Waals surface area contributed by atoms with E-state index in [0.29, 0.717) is 35.3 Å². The number of hydrogen-bond acceptors (Lipinski definition) is 5. The highest BCUT2D eigenvalue weighted by molar-refractivity contribution is 5.93. The Hall–Kier alpha value is -3.22. The molecule has 0 atom stereocenters. The fourth-order valence-electron chi connectivity index (χ4n) is 2.46. The van der Waals surface area contributed by atoms with Gasteiger partial charge in [0.25, 0.3) is 0 Å². The lowest BCUT2D eigenvalue weighted by molar-refractivity contribution is -0.113. The number of aromatic nitrogens is 4. The normalized spacial score (nSPS) is 11.5. The van der Waals surface area contributed by atoms with Crippen molar-refractivity contribution in [1.29, 1.82) is 0 Å². The fraction of sp³-hybridized carbons (Fsp3) is 0.263. The largest absolute Gasteiger partial charge is 0.477 e. The second-order valence-electron chi connectivity index (χ2n) is 6.47. The summed E-state index contributed by atoms with van der Waals surface area (Å²) >= 11 is 0. The SMILES string of the molecule is Cc1cc(-c2cnc3[nH]cc(/C=C/C(N)=O)c3n2)cc(OCC(C)C)n1. The van der Waals surface area contributed by atoms with Crippen LogP contribution < -0.4 is 10.5 Å². The summed E-state index contributed by atoms with van der Waals surface area (Å²) in [5.74, 6) is 0.468. The van der Waals surface area contributed by atoms with Gasteiger partial charge in [-0.25, -0.2) is 15.0 Å². The van der Waals surface area contributed by atoms with Crippen LogP contribution >= 0.6 is 0 Å². The lowest BCUT2D eigenvalue weighted by atomic mass is 10.1. The van der Waals surface area contributed by atoms with E-state index < -0.39 is 5.91 Å². The monoisotopic (exact) mass is 351 g/mol. The lowest BCUT2D eigenvalue weighted by Gasteiger charge is -2.10. The summed E-state index contributed by atoms with van der Waals surface area (Å²) < 4.78 is 5.74. The molecule has 0 spiro atoms. The number of aromatic amines is 1. The van der Waals surface area contributed by atoms with Gasteiger partial charge in [-0.2, -0.15) is 0 Å². The summed E-state index contributed by atoms with van der Waals surface area (Å²) in [4.78, 5) is 27.5. The van der Waals surface area contributed by atoms with Gasteiger partial charge >= 0.3 is 0 Å². The number of primary amides is 1. The molecule has 3 heterocycles. The maximum absolute atomic E-state index is 11.0. The van der Waals surface area contributed by atoms with Crippen LogP contribution in [0.4, 0.5) is 0 Å². The molecule has 0 unspecified atom stereocenters. The smallest absolute Gasteiger partial charge is 0.241 e. The molecule has 3 N–H and O–H groups in total. The van der Waals surface area contributed by atoms with Crippen LogP contribution in [0.15, 0.2) is 30.6 Å². The van der Waals surface area contributed by atoms with Crippen molar-refractivity contribution in [2.75, 3.05) is 6.61 Å². The Balaban J connectivity index is 1.99. The molecule has 0 radical (unpaired) electrons. The number of hydrogen-bond donors (Lipinski definition) is 2. The van der Waals surface area contributed by atoms with E-state index >= 15 is 0 Å². The van der Waals surface area contributed by atoms with Crippen LogP contribution in [-0.4, -0.2) is 32.4 Å². The van der Waals surface area contributed by atoms with Crippen LogP contribution in [0.1, 0.15) is 25.1 Å². The molecule has 0 aliphatic rings. The molecule has 0 saturated heterocycles. The zero-order chi connectivity index (χ0) is 18.7. The van der Waals surface area contributed by atoms with Crippen molar-refractivity contribution >= 4 is 23.1 Å². The molecule has 0 aliphatic carbocycles. The van der Waals surface area contributed by atoms with E-state index in [1.807, 2.05) is 19.1 Å². The summed E-state index contributed by atoms with van der Waals surface area (Å²) in [6, 6.07) is 3.79. The molecule has 26 heavy (non-hydrogen) atoms. The summed E-state index contributed by atoms with van der Waals surface area (Å²) in [7, 11) is 0. The molecule has 0 fully saturated rings.